The summed E-state index contributed by atoms with van der Waals surface area (Å²) in [6.07, 6.45) is 1.84. The van der Waals surface area contributed by atoms with Gasteiger partial charge in [-0.15, -0.1) is 10.2 Å². The van der Waals surface area contributed by atoms with Gasteiger partial charge in [-0.1, -0.05) is 0 Å². The molecular formula is C22H34N6O3. The van der Waals surface area contributed by atoms with E-state index in [4.69, 9.17) is 19.2 Å². The lowest BCUT2D eigenvalue weighted by Gasteiger charge is -2.32. The average Bonchev–Trinajstić information content (AvgIpc) is 3.11. The zero-order valence-electron chi connectivity index (χ0n) is 19.3. The first kappa shape index (κ1) is 22.9. The Kier molecular flexibility index (Phi) is 8.11. The van der Waals surface area contributed by atoms with Gasteiger partial charge < -0.3 is 29.0 Å². The zero-order valence-corrected chi connectivity index (χ0v) is 19.3. The van der Waals surface area contributed by atoms with E-state index in [-0.39, 0.29) is 0 Å². The number of hydrogen-bond donors (Lipinski definition) is 1. The number of benzene rings is 1. The molecule has 9 heteroatoms. The summed E-state index contributed by atoms with van der Waals surface area (Å²) in [5.74, 6) is 4.12. The van der Waals surface area contributed by atoms with E-state index in [1.54, 1.807) is 14.2 Å². The summed E-state index contributed by atoms with van der Waals surface area (Å²) in [5, 5.41) is 11.9. The molecule has 170 valence electrons. The van der Waals surface area contributed by atoms with Gasteiger partial charge in [-0.05, 0) is 49.9 Å². The van der Waals surface area contributed by atoms with E-state index in [0.29, 0.717) is 6.54 Å². The van der Waals surface area contributed by atoms with E-state index < -0.39 is 0 Å². The molecule has 3 rings (SSSR count). The van der Waals surface area contributed by atoms with Gasteiger partial charge in [0.1, 0.15) is 12.4 Å². The maximum Gasteiger partial charge on any atom is 0.194 e. The minimum atomic E-state index is 0.473. The molecule has 31 heavy (non-hydrogen) atoms. The first-order valence-corrected chi connectivity index (χ1v) is 10.8. The molecule has 1 aliphatic heterocycles. The van der Waals surface area contributed by atoms with Gasteiger partial charge in [0.25, 0.3) is 0 Å². The smallest absolute Gasteiger partial charge is 0.194 e. The van der Waals surface area contributed by atoms with Crippen LogP contribution in [0.4, 0.5) is 0 Å². The first-order chi connectivity index (χ1) is 15.1. The van der Waals surface area contributed by atoms with Crippen LogP contribution < -0.4 is 14.8 Å². The van der Waals surface area contributed by atoms with E-state index in [0.717, 1.165) is 74.8 Å². The molecule has 0 radical (unpaired) electrons. The number of aliphatic imine (C=N–C) groups is 1. The van der Waals surface area contributed by atoms with Crippen molar-refractivity contribution in [3.8, 4) is 11.5 Å². The van der Waals surface area contributed by atoms with E-state index in [1.165, 1.54) is 11.1 Å². The number of methoxy groups -OCH3 is 2. The lowest BCUT2D eigenvalue weighted by Crippen LogP contribution is -2.44. The zero-order chi connectivity index (χ0) is 22.2. The van der Waals surface area contributed by atoms with Gasteiger partial charge >= 0.3 is 0 Å². The van der Waals surface area contributed by atoms with Crippen LogP contribution in [0.3, 0.4) is 0 Å². The molecule has 9 nitrogen and oxygen atoms in total. The summed E-state index contributed by atoms with van der Waals surface area (Å²) < 4.78 is 18.4. The SMILES string of the molecule is CCOCCCNC(=NCc1nnc(C)n1C)N1CCc2cc(OC)c(OC)cc2C1. The second kappa shape index (κ2) is 11.0. The summed E-state index contributed by atoms with van der Waals surface area (Å²) in [6, 6.07) is 4.15. The molecule has 0 aliphatic carbocycles. The van der Waals surface area contributed by atoms with Gasteiger partial charge in [0, 0.05) is 39.9 Å². The minimum Gasteiger partial charge on any atom is -0.493 e. The lowest BCUT2D eigenvalue weighted by atomic mass is 9.99. The fourth-order valence-corrected chi connectivity index (χ4v) is 3.58. The summed E-state index contributed by atoms with van der Waals surface area (Å²) in [7, 11) is 5.30. The largest absolute Gasteiger partial charge is 0.493 e. The topological polar surface area (TPSA) is 86.0 Å². The molecule has 0 atom stereocenters. The van der Waals surface area contributed by atoms with Crippen molar-refractivity contribution >= 4 is 5.96 Å². The van der Waals surface area contributed by atoms with Gasteiger partial charge in [0.2, 0.25) is 0 Å². The summed E-state index contributed by atoms with van der Waals surface area (Å²) in [6.45, 7) is 8.32. The highest BCUT2D eigenvalue weighted by Crippen LogP contribution is 2.33. The van der Waals surface area contributed by atoms with Crippen LogP contribution in [0.15, 0.2) is 17.1 Å². The number of hydrogen-bond acceptors (Lipinski definition) is 6. The molecule has 1 aromatic heterocycles. The Morgan fingerprint density at radius 2 is 1.90 bits per heavy atom. The van der Waals surface area contributed by atoms with Crippen LogP contribution in [0.5, 0.6) is 11.5 Å². The monoisotopic (exact) mass is 430 g/mol. The molecule has 1 aromatic carbocycles. The molecule has 0 bridgehead atoms. The second-order valence-electron chi connectivity index (χ2n) is 7.49. The Balaban J connectivity index is 1.76. The highest BCUT2D eigenvalue weighted by Gasteiger charge is 2.22. The van der Waals surface area contributed by atoms with Crippen LogP contribution in [0, 0.1) is 6.92 Å². The molecule has 0 saturated heterocycles. The van der Waals surface area contributed by atoms with Crippen LogP contribution in [-0.4, -0.2) is 66.1 Å². The summed E-state index contributed by atoms with van der Waals surface area (Å²) in [5.41, 5.74) is 2.51. The quantitative estimate of drug-likeness (QED) is 0.370. The molecule has 0 saturated carbocycles. The molecule has 2 aromatic rings. The van der Waals surface area contributed by atoms with Crippen molar-refractivity contribution in [2.75, 3.05) is 40.5 Å². The molecule has 1 aliphatic rings. The van der Waals surface area contributed by atoms with Crippen LogP contribution >= 0.6 is 0 Å². The number of aryl methyl sites for hydroxylation is 1. The second-order valence-corrected chi connectivity index (χ2v) is 7.49. The first-order valence-electron chi connectivity index (χ1n) is 10.8. The molecule has 0 fully saturated rings. The van der Waals surface area contributed by atoms with Crippen LogP contribution in [-0.2, 0) is 31.3 Å². The number of aromatic nitrogens is 3. The maximum atomic E-state index is 5.50. The number of rotatable bonds is 9. The van der Waals surface area contributed by atoms with E-state index in [2.05, 4.69) is 32.5 Å². The Labute approximate surface area is 184 Å². The van der Waals surface area contributed by atoms with E-state index >= 15 is 0 Å². The molecule has 2 heterocycles. The predicted octanol–water partition coefficient (Wildman–Crippen LogP) is 2.07. The molecule has 0 spiro atoms. The van der Waals surface area contributed by atoms with Crippen molar-refractivity contribution in [3.05, 3.63) is 34.9 Å². The summed E-state index contributed by atoms with van der Waals surface area (Å²) >= 11 is 0. The molecule has 0 unspecified atom stereocenters. The van der Waals surface area contributed by atoms with Gasteiger partial charge in [-0.2, -0.15) is 0 Å². The molecular weight excluding hydrogens is 396 g/mol. The third kappa shape index (κ3) is 5.66. The van der Waals surface area contributed by atoms with Crippen molar-refractivity contribution in [2.45, 2.75) is 39.8 Å². The third-order valence-electron chi connectivity index (χ3n) is 5.52. The number of guanidine groups is 1. The number of nitrogens with zero attached hydrogens (tertiary/aromatic N) is 5. The van der Waals surface area contributed by atoms with Crippen LogP contribution in [0.1, 0.15) is 36.1 Å². The third-order valence-corrected chi connectivity index (χ3v) is 5.52. The highest BCUT2D eigenvalue weighted by molar-refractivity contribution is 5.80. The van der Waals surface area contributed by atoms with Crippen molar-refractivity contribution in [1.82, 2.24) is 25.0 Å². The van der Waals surface area contributed by atoms with Crippen LogP contribution in [0.2, 0.25) is 0 Å². The fourth-order valence-electron chi connectivity index (χ4n) is 3.58. The fraction of sp³-hybridized carbons (Fsp3) is 0.591. The van der Waals surface area contributed by atoms with Gasteiger partial charge in [-0.3, -0.25) is 0 Å². The summed E-state index contributed by atoms with van der Waals surface area (Å²) in [4.78, 5) is 7.15. The molecule has 1 N–H and O–H groups in total. The van der Waals surface area contributed by atoms with Crippen molar-refractivity contribution in [3.63, 3.8) is 0 Å². The number of ether oxygens (including phenoxy) is 3. The van der Waals surface area contributed by atoms with E-state index in [9.17, 15) is 0 Å². The Morgan fingerprint density at radius 1 is 1.16 bits per heavy atom. The predicted molar refractivity (Wildman–Crippen MR) is 120 cm³/mol. The van der Waals surface area contributed by atoms with Gasteiger partial charge in [0.15, 0.2) is 23.3 Å². The molecule has 0 amide bonds. The highest BCUT2D eigenvalue weighted by atomic mass is 16.5. The minimum absolute atomic E-state index is 0.473. The van der Waals surface area contributed by atoms with Crippen LogP contribution in [0.25, 0.3) is 0 Å². The maximum absolute atomic E-state index is 5.50. The van der Waals surface area contributed by atoms with Crippen molar-refractivity contribution in [2.24, 2.45) is 12.0 Å². The van der Waals surface area contributed by atoms with E-state index in [1.807, 2.05) is 25.5 Å². The normalized spacial score (nSPS) is 13.8. The van der Waals surface area contributed by atoms with Gasteiger partial charge in [0.05, 0.1) is 14.2 Å². The Bertz CT molecular complexity index is 896. The number of nitrogens with one attached hydrogen (secondary N) is 1. The Morgan fingerprint density at radius 3 is 2.55 bits per heavy atom. The van der Waals surface area contributed by atoms with Crippen molar-refractivity contribution in [1.29, 1.82) is 0 Å². The Hall–Kier alpha value is -2.81. The van der Waals surface area contributed by atoms with Crippen molar-refractivity contribution < 1.29 is 14.2 Å². The number of fused-ring (bicyclic) bond motifs is 1. The lowest BCUT2D eigenvalue weighted by molar-refractivity contribution is 0.145. The standard InChI is InChI=1S/C22H34N6O3/c1-6-31-11-7-9-23-22(24-14-21-26-25-16(2)27(21)3)28-10-8-17-12-19(29-4)20(30-5)13-18(17)15-28/h12-13H,6-11,14-15H2,1-5H3,(H,23,24). The average molecular weight is 431 g/mol. The van der Waals surface area contributed by atoms with Gasteiger partial charge in [-0.25, -0.2) is 4.99 Å².